The lowest BCUT2D eigenvalue weighted by atomic mass is 10.2. The van der Waals surface area contributed by atoms with Crippen LogP contribution in [-0.4, -0.2) is 41.8 Å². The minimum atomic E-state index is -4.56. The van der Waals surface area contributed by atoms with Crippen molar-refractivity contribution in [2.75, 3.05) is 0 Å². The van der Waals surface area contributed by atoms with E-state index < -0.39 is 17.8 Å². The van der Waals surface area contributed by atoms with Gasteiger partial charge in [-0.2, -0.15) is 33.5 Å². The maximum absolute atomic E-state index is 12.8. The molecule has 0 unspecified atom stereocenters. The number of amides is 1. The fraction of sp³-hybridized carbons (Fsp3) is 0.238. The van der Waals surface area contributed by atoms with Gasteiger partial charge >= 0.3 is 18.0 Å². The van der Waals surface area contributed by atoms with Gasteiger partial charge in [-0.3, -0.25) is 9.48 Å². The van der Waals surface area contributed by atoms with Gasteiger partial charge in [-0.05, 0) is 39.0 Å². The number of alkyl halides is 3. The molecule has 0 bridgehead atoms. The Morgan fingerprint density at radius 2 is 1.91 bits per heavy atom. The van der Waals surface area contributed by atoms with Crippen LogP contribution in [0.15, 0.2) is 46.0 Å². The van der Waals surface area contributed by atoms with Crippen molar-refractivity contribution in [2.45, 2.75) is 33.5 Å². The third-order valence-electron chi connectivity index (χ3n) is 4.93. The third kappa shape index (κ3) is 4.72. The van der Waals surface area contributed by atoms with E-state index in [1.165, 1.54) is 13.1 Å². The Bertz CT molecular complexity index is 1350. The zero-order valence-corrected chi connectivity index (χ0v) is 18.3. The van der Waals surface area contributed by atoms with Crippen LogP contribution in [0.4, 0.5) is 13.2 Å². The second-order valence-electron chi connectivity index (χ2n) is 7.37. The van der Waals surface area contributed by atoms with Crippen molar-refractivity contribution in [3.63, 3.8) is 0 Å². The van der Waals surface area contributed by atoms with E-state index in [4.69, 9.17) is 4.52 Å². The maximum atomic E-state index is 12.8. The molecule has 1 aromatic carbocycles. The van der Waals surface area contributed by atoms with Crippen LogP contribution in [0.25, 0.3) is 5.69 Å². The zero-order valence-electron chi connectivity index (χ0n) is 18.3. The Morgan fingerprint density at radius 1 is 1.18 bits per heavy atom. The van der Waals surface area contributed by atoms with Gasteiger partial charge < -0.3 is 4.52 Å². The molecule has 1 amide bonds. The first-order chi connectivity index (χ1) is 16.1. The van der Waals surface area contributed by atoms with Gasteiger partial charge in [-0.25, -0.2) is 10.1 Å². The Morgan fingerprint density at radius 3 is 2.59 bits per heavy atom. The van der Waals surface area contributed by atoms with E-state index in [9.17, 15) is 18.0 Å². The lowest BCUT2D eigenvalue weighted by molar-refractivity contribution is -0.141. The second kappa shape index (κ2) is 8.92. The zero-order chi connectivity index (χ0) is 24.5. The molecule has 0 atom stereocenters. The lowest BCUT2D eigenvalue weighted by Gasteiger charge is -2.03. The predicted molar refractivity (Wildman–Crippen MR) is 113 cm³/mol. The fourth-order valence-electron chi connectivity index (χ4n) is 3.22. The number of carbonyl (C=O) groups is 1. The molecule has 0 aliphatic heterocycles. The molecule has 3 heterocycles. The molecule has 0 aliphatic rings. The average molecular weight is 472 g/mol. The number of para-hydroxylation sites is 1. The van der Waals surface area contributed by atoms with Gasteiger partial charge in [0.05, 0.1) is 23.3 Å². The van der Waals surface area contributed by atoms with Crippen molar-refractivity contribution >= 4 is 12.1 Å². The monoisotopic (exact) mass is 472 g/mol. The first kappa shape index (κ1) is 22.9. The number of benzene rings is 1. The molecule has 0 saturated heterocycles. The van der Waals surface area contributed by atoms with Gasteiger partial charge in [0.25, 0.3) is 0 Å². The Balaban J connectivity index is 1.42. The van der Waals surface area contributed by atoms with Crippen LogP contribution in [0.1, 0.15) is 44.8 Å². The molecule has 0 radical (unpaired) electrons. The lowest BCUT2D eigenvalue weighted by Crippen LogP contribution is -2.18. The van der Waals surface area contributed by atoms with Crippen molar-refractivity contribution < 1.29 is 22.5 Å². The summed E-state index contributed by atoms with van der Waals surface area (Å²) >= 11 is 0. The first-order valence-electron chi connectivity index (χ1n) is 10.0. The summed E-state index contributed by atoms with van der Waals surface area (Å²) in [6, 6.07) is 10.5. The largest absolute Gasteiger partial charge is 0.435 e. The van der Waals surface area contributed by atoms with E-state index in [2.05, 4.69) is 30.9 Å². The summed E-state index contributed by atoms with van der Waals surface area (Å²) in [4.78, 5) is 16.2. The van der Waals surface area contributed by atoms with Crippen LogP contribution in [0.3, 0.4) is 0 Å². The normalized spacial score (nSPS) is 11.9. The molecular weight excluding hydrogens is 453 g/mol. The molecule has 0 saturated carbocycles. The van der Waals surface area contributed by atoms with Crippen LogP contribution in [0, 0.1) is 20.8 Å². The van der Waals surface area contributed by atoms with Crippen LogP contribution in [0.5, 0.6) is 0 Å². The summed E-state index contributed by atoms with van der Waals surface area (Å²) in [6.07, 6.45) is -3.11. The van der Waals surface area contributed by atoms with Crippen molar-refractivity contribution in [1.82, 2.24) is 35.1 Å². The number of hydrazone groups is 1. The Hall–Kier alpha value is -4.29. The molecule has 4 rings (SSSR count). The predicted octanol–water partition coefficient (Wildman–Crippen LogP) is 3.21. The highest BCUT2D eigenvalue weighted by molar-refractivity contribution is 5.91. The summed E-state index contributed by atoms with van der Waals surface area (Å²) in [5.74, 6) is -1.17. The minimum absolute atomic E-state index is 0.00937. The quantitative estimate of drug-likeness (QED) is 0.340. The number of hydrogen-bond acceptors (Lipinski definition) is 7. The molecule has 0 spiro atoms. The molecule has 0 aliphatic carbocycles. The van der Waals surface area contributed by atoms with Gasteiger partial charge in [0.1, 0.15) is 6.54 Å². The van der Waals surface area contributed by atoms with Gasteiger partial charge in [-0.15, -0.1) is 0 Å². The van der Waals surface area contributed by atoms with E-state index >= 15 is 0 Å². The third-order valence-corrected chi connectivity index (χ3v) is 4.93. The summed E-state index contributed by atoms with van der Waals surface area (Å²) in [7, 11) is 0. The molecule has 176 valence electrons. The van der Waals surface area contributed by atoms with Crippen molar-refractivity contribution in [3.05, 3.63) is 76.5 Å². The second-order valence-corrected chi connectivity index (χ2v) is 7.37. The number of hydrogen-bond donors (Lipinski definition) is 1. The minimum Gasteiger partial charge on any atom is -0.328 e. The van der Waals surface area contributed by atoms with Gasteiger partial charge in [0.15, 0.2) is 11.5 Å². The highest BCUT2D eigenvalue weighted by Gasteiger charge is 2.34. The smallest absolute Gasteiger partial charge is 0.328 e. The summed E-state index contributed by atoms with van der Waals surface area (Å²) in [5.41, 5.74) is 4.68. The summed E-state index contributed by atoms with van der Waals surface area (Å²) < 4.78 is 46.2. The van der Waals surface area contributed by atoms with Crippen LogP contribution in [-0.2, 0) is 12.7 Å². The molecule has 3 aromatic heterocycles. The van der Waals surface area contributed by atoms with Crippen LogP contribution < -0.4 is 5.43 Å². The molecule has 1 N–H and O–H groups in total. The molecule has 13 heteroatoms. The first-order valence-corrected chi connectivity index (χ1v) is 10.0. The molecule has 34 heavy (non-hydrogen) atoms. The van der Waals surface area contributed by atoms with Gasteiger partial charge in [0, 0.05) is 11.3 Å². The van der Waals surface area contributed by atoms with Crippen molar-refractivity contribution in [1.29, 1.82) is 0 Å². The van der Waals surface area contributed by atoms with Crippen LogP contribution in [0.2, 0.25) is 0 Å². The van der Waals surface area contributed by atoms with E-state index in [1.807, 2.05) is 44.2 Å². The standard InChI is InChI=1S/C21H19F3N8O2/c1-12-9-17(21(22,23)24)29-31(12)11-18-26-20(34-30-18)19(33)27-25-10-16-13(2)28-32(14(16)3)15-7-5-4-6-8-15/h4-10H,11H2,1-3H3,(H,27,33). The number of aryl methyl sites for hydroxylation is 2. The highest BCUT2D eigenvalue weighted by Crippen LogP contribution is 2.28. The SMILES string of the molecule is Cc1nn(-c2ccccc2)c(C)c1C=NNC(=O)c1nc(Cn2nc(C(F)(F)F)cc2C)no1. The Labute approximate surface area is 191 Å². The van der Waals surface area contributed by atoms with E-state index in [0.29, 0.717) is 5.69 Å². The topological polar surface area (TPSA) is 116 Å². The van der Waals surface area contributed by atoms with Crippen molar-refractivity contribution in [2.24, 2.45) is 5.10 Å². The molecule has 0 fully saturated rings. The van der Waals surface area contributed by atoms with E-state index in [0.717, 1.165) is 27.7 Å². The number of halogens is 3. The fourth-order valence-corrected chi connectivity index (χ4v) is 3.22. The number of nitrogens with one attached hydrogen (secondary N) is 1. The van der Waals surface area contributed by atoms with Crippen LogP contribution >= 0.6 is 0 Å². The number of aromatic nitrogens is 6. The molecular formula is C21H19F3N8O2. The van der Waals surface area contributed by atoms with E-state index in [1.54, 1.807) is 4.68 Å². The summed E-state index contributed by atoms with van der Waals surface area (Å²) in [5, 5.41) is 15.5. The average Bonchev–Trinajstić information content (AvgIpc) is 3.48. The highest BCUT2D eigenvalue weighted by atomic mass is 19.4. The molecule has 4 aromatic rings. The summed E-state index contributed by atoms with van der Waals surface area (Å²) in [6.45, 7) is 4.97. The molecule has 10 nitrogen and oxygen atoms in total. The number of nitrogens with zero attached hydrogens (tertiary/aromatic N) is 7. The maximum Gasteiger partial charge on any atom is 0.435 e. The van der Waals surface area contributed by atoms with Gasteiger partial charge in [0.2, 0.25) is 0 Å². The Kier molecular flexibility index (Phi) is 6.01. The van der Waals surface area contributed by atoms with Crippen molar-refractivity contribution in [3.8, 4) is 5.69 Å². The van der Waals surface area contributed by atoms with Gasteiger partial charge in [-0.1, -0.05) is 23.4 Å². The number of carbonyl (C=O) groups excluding carboxylic acids is 1. The van der Waals surface area contributed by atoms with E-state index in [-0.39, 0.29) is 24.0 Å². The number of rotatable bonds is 6.